The number of benzene rings is 2. The number of ether oxygens (including phenoxy) is 1. The predicted molar refractivity (Wildman–Crippen MR) is 81.8 cm³/mol. The van der Waals surface area contributed by atoms with Gasteiger partial charge >= 0.3 is 5.97 Å². The van der Waals surface area contributed by atoms with Gasteiger partial charge in [-0.25, -0.2) is 0 Å². The zero-order chi connectivity index (χ0) is 14.1. The molecular weight excluding hydrogens is 268 g/mol. The van der Waals surface area contributed by atoms with Crippen LogP contribution in [-0.2, 0) is 9.53 Å². The molecule has 2 nitrogen and oxygen atoms in total. The average Bonchev–Trinajstić information content (AvgIpc) is 2.47. The topological polar surface area (TPSA) is 26.3 Å². The van der Waals surface area contributed by atoms with Gasteiger partial charge in [-0.3, -0.25) is 4.79 Å². The van der Waals surface area contributed by atoms with Crippen molar-refractivity contribution in [2.75, 3.05) is 6.61 Å². The summed E-state index contributed by atoms with van der Waals surface area (Å²) in [4.78, 5) is 13.3. The third-order valence-electron chi connectivity index (χ3n) is 3.41. The van der Waals surface area contributed by atoms with E-state index < -0.39 is 0 Å². The first-order valence-corrected chi connectivity index (χ1v) is 7.62. The third-order valence-corrected chi connectivity index (χ3v) is 4.71. The zero-order valence-corrected chi connectivity index (χ0v) is 12.4. The van der Waals surface area contributed by atoms with E-state index in [9.17, 15) is 4.79 Å². The summed E-state index contributed by atoms with van der Waals surface area (Å²) < 4.78 is 5.22. The van der Waals surface area contributed by atoms with Crippen LogP contribution in [0.1, 0.15) is 23.3 Å². The summed E-state index contributed by atoms with van der Waals surface area (Å²) in [5, 5.41) is -0.263. The first-order chi connectivity index (χ1) is 9.70. The maximum absolute atomic E-state index is 12.2. The van der Waals surface area contributed by atoms with Crippen molar-refractivity contribution in [1.29, 1.82) is 0 Å². The number of fused-ring (bicyclic) bond motifs is 3. The van der Waals surface area contributed by atoms with Crippen molar-refractivity contribution in [1.82, 2.24) is 0 Å². The Bertz CT molecular complexity index is 664. The second-order valence-corrected chi connectivity index (χ2v) is 5.98. The van der Waals surface area contributed by atoms with Gasteiger partial charge in [-0.2, -0.15) is 0 Å². The molecule has 1 unspecified atom stereocenters. The lowest BCUT2D eigenvalue weighted by atomic mass is 9.95. The Hall–Kier alpha value is -1.74. The van der Waals surface area contributed by atoms with E-state index in [1.54, 1.807) is 11.8 Å². The smallest absolute Gasteiger partial charge is 0.323 e. The van der Waals surface area contributed by atoms with Crippen molar-refractivity contribution in [2.24, 2.45) is 0 Å². The van der Waals surface area contributed by atoms with E-state index in [1.807, 2.05) is 25.1 Å². The first kappa shape index (κ1) is 13.3. The van der Waals surface area contributed by atoms with Crippen molar-refractivity contribution in [3.05, 3.63) is 53.6 Å². The average molecular weight is 284 g/mol. The van der Waals surface area contributed by atoms with Crippen LogP contribution < -0.4 is 0 Å². The summed E-state index contributed by atoms with van der Waals surface area (Å²) in [5.74, 6) is -0.156. The van der Waals surface area contributed by atoms with E-state index >= 15 is 0 Å². The van der Waals surface area contributed by atoms with Crippen LogP contribution in [0.25, 0.3) is 11.1 Å². The van der Waals surface area contributed by atoms with Crippen molar-refractivity contribution in [3.8, 4) is 11.1 Å². The maximum atomic E-state index is 12.2. The Balaban J connectivity index is 2.13. The number of rotatable bonds is 2. The lowest BCUT2D eigenvalue weighted by molar-refractivity contribution is -0.142. The summed E-state index contributed by atoms with van der Waals surface area (Å²) >= 11 is 1.58. The molecule has 1 atom stereocenters. The normalized spacial score (nSPS) is 16.2. The van der Waals surface area contributed by atoms with Crippen LogP contribution in [0.4, 0.5) is 0 Å². The summed E-state index contributed by atoms with van der Waals surface area (Å²) in [5.41, 5.74) is 4.64. The minimum absolute atomic E-state index is 0.156. The number of carbonyl (C=O) groups excluding carboxylic acids is 1. The largest absolute Gasteiger partial charge is 0.465 e. The van der Waals surface area contributed by atoms with Gasteiger partial charge in [0, 0.05) is 4.90 Å². The van der Waals surface area contributed by atoms with Crippen LogP contribution in [0.3, 0.4) is 0 Å². The number of hydrogen-bond acceptors (Lipinski definition) is 3. The predicted octanol–water partition coefficient (Wildman–Crippen LogP) is 4.37. The van der Waals surface area contributed by atoms with Crippen LogP contribution in [0, 0.1) is 6.92 Å². The number of carbonyl (C=O) groups is 1. The molecule has 0 radical (unpaired) electrons. The van der Waals surface area contributed by atoms with Crippen LogP contribution in [0.5, 0.6) is 0 Å². The number of hydrogen-bond donors (Lipinski definition) is 0. The highest BCUT2D eigenvalue weighted by Gasteiger charge is 2.31. The quantitative estimate of drug-likeness (QED) is 0.766. The van der Waals surface area contributed by atoms with Crippen LogP contribution in [0.15, 0.2) is 47.4 Å². The molecule has 0 saturated carbocycles. The van der Waals surface area contributed by atoms with Gasteiger partial charge in [0.05, 0.1) is 6.61 Å². The molecule has 1 aliphatic heterocycles. The molecule has 20 heavy (non-hydrogen) atoms. The molecule has 0 saturated heterocycles. The number of esters is 1. The van der Waals surface area contributed by atoms with E-state index in [1.165, 1.54) is 11.1 Å². The zero-order valence-electron chi connectivity index (χ0n) is 11.6. The van der Waals surface area contributed by atoms with Gasteiger partial charge in [0.1, 0.15) is 5.25 Å². The molecule has 0 aromatic heterocycles. The second-order valence-electron chi connectivity index (χ2n) is 4.84. The molecule has 102 valence electrons. The van der Waals surface area contributed by atoms with Crippen LogP contribution in [-0.4, -0.2) is 12.6 Å². The number of aryl methyl sites for hydroxylation is 1. The van der Waals surface area contributed by atoms with E-state index in [0.29, 0.717) is 6.61 Å². The molecule has 0 amide bonds. The van der Waals surface area contributed by atoms with Gasteiger partial charge in [-0.15, -0.1) is 11.8 Å². The van der Waals surface area contributed by atoms with E-state index in [2.05, 4.69) is 31.2 Å². The Morgan fingerprint density at radius 3 is 2.80 bits per heavy atom. The molecule has 1 aliphatic rings. The first-order valence-electron chi connectivity index (χ1n) is 6.74. The summed E-state index contributed by atoms with van der Waals surface area (Å²) in [6.07, 6.45) is 0. The van der Waals surface area contributed by atoms with Gasteiger partial charge in [0.15, 0.2) is 0 Å². The van der Waals surface area contributed by atoms with Gasteiger partial charge in [0.25, 0.3) is 0 Å². The highest BCUT2D eigenvalue weighted by molar-refractivity contribution is 8.00. The molecular formula is C17H16O2S. The lowest BCUT2D eigenvalue weighted by Crippen LogP contribution is -2.16. The van der Waals surface area contributed by atoms with Crippen molar-refractivity contribution < 1.29 is 9.53 Å². The Morgan fingerprint density at radius 2 is 2.00 bits per heavy atom. The molecule has 1 heterocycles. The van der Waals surface area contributed by atoms with Crippen molar-refractivity contribution in [3.63, 3.8) is 0 Å². The summed E-state index contributed by atoms with van der Waals surface area (Å²) in [6.45, 7) is 4.35. The summed E-state index contributed by atoms with van der Waals surface area (Å²) in [6, 6.07) is 14.5. The molecule has 2 aromatic carbocycles. The van der Waals surface area contributed by atoms with E-state index in [-0.39, 0.29) is 11.2 Å². The molecule has 0 aliphatic carbocycles. The number of thioether (sulfide) groups is 1. The molecule has 0 N–H and O–H groups in total. The molecule has 2 aromatic rings. The minimum atomic E-state index is -0.263. The fraction of sp³-hybridized carbons (Fsp3) is 0.235. The maximum Gasteiger partial charge on any atom is 0.323 e. The molecule has 0 bridgehead atoms. The highest BCUT2D eigenvalue weighted by Crippen LogP contribution is 2.49. The Labute approximate surface area is 123 Å². The fourth-order valence-corrected chi connectivity index (χ4v) is 3.70. The van der Waals surface area contributed by atoms with Crippen LogP contribution in [0.2, 0.25) is 0 Å². The standard InChI is InChI=1S/C17H16O2S/c1-3-19-17(18)16-13-7-5-4-6-12(13)14-10-11(2)8-9-15(14)20-16/h4-10,16H,3H2,1-2H3. The minimum Gasteiger partial charge on any atom is -0.465 e. The van der Waals surface area contributed by atoms with Gasteiger partial charge < -0.3 is 4.74 Å². The molecule has 0 spiro atoms. The van der Waals surface area contributed by atoms with Crippen LogP contribution >= 0.6 is 11.8 Å². The molecule has 0 fully saturated rings. The summed E-state index contributed by atoms with van der Waals surface area (Å²) in [7, 11) is 0. The van der Waals surface area contributed by atoms with E-state index in [0.717, 1.165) is 16.0 Å². The van der Waals surface area contributed by atoms with Gasteiger partial charge in [-0.05, 0) is 36.6 Å². The SMILES string of the molecule is CCOC(=O)C1Sc2ccc(C)cc2-c2ccccc21. The van der Waals surface area contributed by atoms with Crippen molar-refractivity contribution >= 4 is 17.7 Å². The van der Waals surface area contributed by atoms with Gasteiger partial charge in [0.2, 0.25) is 0 Å². The second kappa shape index (κ2) is 5.33. The highest BCUT2D eigenvalue weighted by atomic mass is 32.2. The molecule has 3 heteroatoms. The Morgan fingerprint density at radius 1 is 1.20 bits per heavy atom. The van der Waals surface area contributed by atoms with Crippen molar-refractivity contribution in [2.45, 2.75) is 24.0 Å². The van der Waals surface area contributed by atoms with Gasteiger partial charge in [-0.1, -0.05) is 42.0 Å². The third kappa shape index (κ3) is 2.22. The monoisotopic (exact) mass is 284 g/mol. The Kier molecular flexibility index (Phi) is 3.53. The van der Waals surface area contributed by atoms with E-state index in [4.69, 9.17) is 4.74 Å². The fourth-order valence-electron chi connectivity index (χ4n) is 2.51. The molecule has 3 rings (SSSR count). The lowest BCUT2D eigenvalue weighted by Gasteiger charge is -2.26.